The molecule has 108 valence electrons. The largest absolute Gasteiger partial charge is 0.321 e. The Kier molecular flexibility index (Phi) is 4.56. The second-order valence-electron chi connectivity index (χ2n) is 4.69. The molecule has 2 aromatic rings. The van der Waals surface area contributed by atoms with Gasteiger partial charge in [0.1, 0.15) is 0 Å². The molecule has 0 saturated carbocycles. The molecule has 0 heterocycles. The fraction of sp³-hybridized carbons (Fsp3) is 0.133. The van der Waals surface area contributed by atoms with Crippen molar-refractivity contribution in [3.63, 3.8) is 0 Å². The zero-order chi connectivity index (χ0) is 15.6. The van der Waals surface area contributed by atoms with E-state index in [1.165, 1.54) is 12.1 Å². The van der Waals surface area contributed by atoms with E-state index >= 15 is 0 Å². The van der Waals surface area contributed by atoms with Crippen LogP contribution in [0.4, 0.5) is 11.4 Å². The summed E-state index contributed by atoms with van der Waals surface area (Å²) < 4.78 is 0.841. The molecule has 21 heavy (non-hydrogen) atoms. The van der Waals surface area contributed by atoms with Crippen molar-refractivity contribution in [2.45, 2.75) is 13.8 Å². The van der Waals surface area contributed by atoms with E-state index in [0.29, 0.717) is 11.3 Å². The van der Waals surface area contributed by atoms with Crippen LogP contribution in [0.5, 0.6) is 0 Å². The van der Waals surface area contributed by atoms with Crippen LogP contribution < -0.4 is 5.32 Å². The maximum atomic E-state index is 12.3. The van der Waals surface area contributed by atoms with Crippen molar-refractivity contribution in [2.75, 3.05) is 5.32 Å². The van der Waals surface area contributed by atoms with Crippen LogP contribution in [0, 0.1) is 27.5 Å². The monoisotopic (exact) mass is 396 g/mol. The van der Waals surface area contributed by atoms with E-state index in [0.717, 1.165) is 14.7 Å². The minimum atomic E-state index is -0.481. The third-order valence-electron chi connectivity index (χ3n) is 3.05. The molecule has 0 bridgehead atoms. The zero-order valence-electron chi connectivity index (χ0n) is 11.5. The molecule has 0 aliphatic rings. The Hall–Kier alpha value is -1.96. The number of nitrogens with one attached hydrogen (secondary N) is 1. The van der Waals surface area contributed by atoms with Crippen LogP contribution >= 0.6 is 22.6 Å². The van der Waals surface area contributed by atoms with E-state index < -0.39 is 4.92 Å². The van der Waals surface area contributed by atoms with Gasteiger partial charge in [-0.1, -0.05) is 17.7 Å². The number of nitro benzene ring substituents is 1. The number of benzene rings is 2. The number of anilines is 1. The summed E-state index contributed by atoms with van der Waals surface area (Å²) in [4.78, 5) is 22.6. The van der Waals surface area contributed by atoms with Gasteiger partial charge in [-0.25, -0.2) is 0 Å². The Morgan fingerprint density at radius 1 is 1.19 bits per heavy atom. The maximum Gasteiger partial charge on any atom is 0.271 e. The summed E-state index contributed by atoms with van der Waals surface area (Å²) in [6, 6.07) is 9.93. The molecule has 1 N–H and O–H groups in total. The van der Waals surface area contributed by atoms with Gasteiger partial charge in [-0.05, 0) is 54.1 Å². The van der Waals surface area contributed by atoms with Gasteiger partial charge in [0, 0.05) is 15.7 Å². The molecule has 5 nitrogen and oxygen atoms in total. The molecule has 1 amide bonds. The van der Waals surface area contributed by atoms with E-state index in [1.807, 2.05) is 19.1 Å². The summed E-state index contributed by atoms with van der Waals surface area (Å²) in [5, 5.41) is 13.5. The molecule has 2 aromatic carbocycles. The van der Waals surface area contributed by atoms with Gasteiger partial charge < -0.3 is 5.32 Å². The smallest absolute Gasteiger partial charge is 0.271 e. The fourth-order valence-corrected chi connectivity index (χ4v) is 2.77. The average Bonchev–Trinajstić information content (AvgIpc) is 2.40. The molecule has 0 saturated heterocycles. The average molecular weight is 396 g/mol. The SMILES string of the molecule is Cc1ccc(C(=O)Nc2cc([N+](=O)[O-])ccc2C)c(I)c1. The Bertz CT molecular complexity index is 729. The predicted molar refractivity (Wildman–Crippen MR) is 89.7 cm³/mol. The topological polar surface area (TPSA) is 72.2 Å². The highest BCUT2D eigenvalue weighted by atomic mass is 127. The van der Waals surface area contributed by atoms with Gasteiger partial charge in [0.25, 0.3) is 11.6 Å². The molecular formula is C15H13IN2O3. The van der Waals surface area contributed by atoms with Crippen LogP contribution in [-0.4, -0.2) is 10.8 Å². The van der Waals surface area contributed by atoms with Crippen molar-refractivity contribution in [1.82, 2.24) is 0 Å². The third-order valence-corrected chi connectivity index (χ3v) is 3.94. The van der Waals surface area contributed by atoms with Crippen LogP contribution in [-0.2, 0) is 0 Å². The fourth-order valence-electron chi connectivity index (χ4n) is 1.85. The number of hydrogen-bond donors (Lipinski definition) is 1. The summed E-state index contributed by atoms with van der Waals surface area (Å²) >= 11 is 2.10. The van der Waals surface area contributed by atoms with Gasteiger partial charge in [0.2, 0.25) is 0 Å². The normalized spacial score (nSPS) is 10.2. The molecule has 0 aliphatic carbocycles. The number of carbonyl (C=O) groups is 1. The van der Waals surface area contributed by atoms with Crippen LogP contribution in [0.2, 0.25) is 0 Å². The van der Waals surface area contributed by atoms with Crippen LogP contribution in [0.25, 0.3) is 0 Å². The Morgan fingerprint density at radius 2 is 1.90 bits per heavy atom. The number of amides is 1. The first kappa shape index (κ1) is 15.4. The first-order valence-corrected chi connectivity index (χ1v) is 7.29. The van der Waals surface area contributed by atoms with Gasteiger partial charge in [0.05, 0.1) is 16.2 Å². The molecule has 0 radical (unpaired) electrons. The highest BCUT2D eigenvalue weighted by Gasteiger charge is 2.14. The highest BCUT2D eigenvalue weighted by molar-refractivity contribution is 14.1. The van der Waals surface area contributed by atoms with Crippen LogP contribution in [0.15, 0.2) is 36.4 Å². The summed E-state index contributed by atoms with van der Waals surface area (Å²) in [5.74, 6) is -0.275. The second kappa shape index (κ2) is 6.21. The number of aryl methyl sites for hydroxylation is 2. The number of carbonyl (C=O) groups excluding carboxylic acids is 1. The molecule has 2 rings (SSSR count). The molecular weight excluding hydrogens is 383 g/mol. The van der Waals surface area contributed by atoms with Gasteiger partial charge in [-0.2, -0.15) is 0 Å². The van der Waals surface area contributed by atoms with Crippen molar-refractivity contribution >= 4 is 39.9 Å². The number of nitrogens with zero attached hydrogens (tertiary/aromatic N) is 1. The number of non-ortho nitro benzene ring substituents is 1. The van der Waals surface area contributed by atoms with Crippen molar-refractivity contribution < 1.29 is 9.72 Å². The summed E-state index contributed by atoms with van der Waals surface area (Å²) in [6.45, 7) is 3.74. The van der Waals surface area contributed by atoms with Crippen molar-refractivity contribution in [2.24, 2.45) is 0 Å². The van der Waals surface area contributed by atoms with E-state index in [4.69, 9.17) is 0 Å². The van der Waals surface area contributed by atoms with Gasteiger partial charge in [-0.3, -0.25) is 14.9 Å². The van der Waals surface area contributed by atoms with Gasteiger partial charge in [-0.15, -0.1) is 0 Å². The number of halogens is 1. The number of rotatable bonds is 3. The van der Waals surface area contributed by atoms with Crippen molar-refractivity contribution in [1.29, 1.82) is 0 Å². The van der Waals surface area contributed by atoms with Crippen molar-refractivity contribution in [3.8, 4) is 0 Å². The second-order valence-corrected chi connectivity index (χ2v) is 5.86. The van der Waals surface area contributed by atoms with Crippen LogP contribution in [0.1, 0.15) is 21.5 Å². The molecule has 0 aliphatic heterocycles. The summed E-state index contributed by atoms with van der Waals surface area (Å²) in [5.41, 5.74) is 2.80. The molecule has 0 fully saturated rings. The van der Waals surface area contributed by atoms with E-state index in [1.54, 1.807) is 19.1 Å². The first-order chi connectivity index (χ1) is 9.88. The highest BCUT2D eigenvalue weighted by Crippen LogP contribution is 2.23. The van der Waals surface area contributed by atoms with Crippen LogP contribution in [0.3, 0.4) is 0 Å². The Labute approximate surface area is 135 Å². The van der Waals surface area contributed by atoms with Gasteiger partial charge in [0.15, 0.2) is 0 Å². The Balaban J connectivity index is 2.31. The molecule has 0 atom stereocenters. The lowest BCUT2D eigenvalue weighted by Gasteiger charge is -2.10. The van der Waals surface area contributed by atoms with E-state index in [9.17, 15) is 14.9 Å². The maximum absolute atomic E-state index is 12.3. The number of hydrogen-bond acceptors (Lipinski definition) is 3. The lowest BCUT2D eigenvalue weighted by atomic mass is 10.1. The molecule has 0 spiro atoms. The quantitative estimate of drug-likeness (QED) is 0.483. The minimum absolute atomic E-state index is 0.0468. The van der Waals surface area contributed by atoms with Crippen molar-refractivity contribution in [3.05, 3.63) is 66.8 Å². The Morgan fingerprint density at radius 3 is 2.52 bits per heavy atom. The van der Waals surface area contributed by atoms with E-state index in [2.05, 4.69) is 27.9 Å². The first-order valence-electron chi connectivity index (χ1n) is 6.21. The van der Waals surface area contributed by atoms with E-state index in [-0.39, 0.29) is 11.6 Å². The third kappa shape index (κ3) is 3.57. The summed E-state index contributed by atoms with van der Waals surface area (Å²) in [7, 11) is 0. The molecule has 6 heteroatoms. The zero-order valence-corrected chi connectivity index (χ0v) is 13.7. The lowest BCUT2D eigenvalue weighted by Crippen LogP contribution is -2.14. The van der Waals surface area contributed by atoms with Gasteiger partial charge >= 0.3 is 0 Å². The standard InChI is InChI=1S/C15H13IN2O3/c1-9-3-6-12(13(16)7-9)15(19)17-14-8-11(18(20)21)5-4-10(14)2/h3-8H,1-2H3,(H,17,19). The molecule has 0 aromatic heterocycles. The molecule has 0 unspecified atom stereocenters. The summed E-state index contributed by atoms with van der Waals surface area (Å²) in [6.07, 6.45) is 0. The minimum Gasteiger partial charge on any atom is -0.321 e. The number of nitro groups is 1. The predicted octanol–water partition coefficient (Wildman–Crippen LogP) is 4.07. The lowest BCUT2D eigenvalue weighted by molar-refractivity contribution is -0.384.